The number of aryl methyl sites for hydroxylation is 1. The highest BCUT2D eigenvalue weighted by Gasteiger charge is 2.25. The van der Waals surface area contributed by atoms with Crippen LogP contribution in [0.3, 0.4) is 0 Å². The monoisotopic (exact) mass is 399 g/mol. The van der Waals surface area contributed by atoms with Crippen molar-refractivity contribution in [2.75, 3.05) is 19.5 Å². The smallest absolute Gasteiger partial charge is 0.227 e. The maximum absolute atomic E-state index is 8.66. The van der Waals surface area contributed by atoms with E-state index in [1.165, 1.54) is 0 Å². The number of benzene rings is 2. The number of nitrogens with one attached hydrogen (secondary N) is 3. The first kappa shape index (κ1) is 19.6. The first-order valence-electron chi connectivity index (χ1n) is 9.98. The fourth-order valence-corrected chi connectivity index (χ4v) is 3.71. The van der Waals surface area contributed by atoms with Gasteiger partial charge in [0, 0.05) is 42.3 Å². The van der Waals surface area contributed by atoms with E-state index in [9.17, 15) is 0 Å². The zero-order chi connectivity index (χ0) is 20.9. The van der Waals surface area contributed by atoms with Crippen molar-refractivity contribution in [1.29, 1.82) is 5.41 Å². The number of fused-ring (bicyclic) bond motifs is 1. The van der Waals surface area contributed by atoms with Gasteiger partial charge in [-0.1, -0.05) is 36.4 Å². The number of nitrogens with zero attached hydrogens (tertiary/aromatic N) is 2. The average molecular weight is 399 g/mol. The van der Waals surface area contributed by atoms with Gasteiger partial charge in [-0.3, -0.25) is 0 Å². The Kier molecular flexibility index (Phi) is 5.75. The Morgan fingerprint density at radius 3 is 2.60 bits per heavy atom. The van der Waals surface area contributed by atoms with E-state index in [2.05, 4.69) is 15.6 Å². The van der Waals surface area contributed by atoms with Crippen LogP contribution in [0.25, 0.3) is 5.57 Å². The van der Waals surface area contributed by atoms with Crippen LogP contribution < -0.4 is 15.4 Å². The summed E-state index contributed by atoms with van der Waals surface area (Å²) in [4.78, 5) is 9.29. The molecule has 0 atom stereocenters. The highest BCUT2D eigenvalue weighted by atomic mass is 16.5. The third-order valence-electron chi connectivity index (χ3n) is 5.24. The summed E-state index contributed by atoms with van der Waals surface area (Å²) in [6.45, 7) is 0. The van der Waals surface area contributed by atoms with Gasteiger partial charge >= 0.3 is 0 Å². The molecule has 0 aliphatic heterocycles. The van der Waals surface area contributed by atoms with Crippen molar-refractivity contribution in [3.63, 3.8) is 0 Å². The Hall–Kier alpha value is -3.67. The summed E-state index contributed by atoms with van der Waals surface area (Å²) in [6, 6.07) is 17.8. The second-order valence-electron chi connectivity index (χ2n) is 7.13. The van der Waals surface area contributed by atoms with E-state index in [4.69, 9.17) is 15.1 Å². The Balaban J connectivity index is 1.75. The topological polar surface area (TPSA) is 82.9 Å². The Morgan fingerprint density at radius 2 is 1.83 bits per heavy atom. The highest BCUT2D eigenvalue weighted by Crippen LogP contribution is 2.32. The van der Waals surface area contributed by atoms with Gasteiger partial charge in [-0.2, -0.15) is 0 Å². The van der Waals surface area contributed by atoms with Crippen molar-refractivity contribution in [3.8, 4) is 5.75 Å². The van der Waals surface area contributed by atoms with Gasteiger partial charge in [-0.15, -0.1) is 0 Å². The number of ether oxygens (including phenoxy) is 1. The molecule has 6 nitrogen and oxygen atoms in total. The van der Waals surface area contributed by atoms with Crippen LogP contribution >= 0.6 is 0 Å². The molecule has 2 aromatic carbocycles. The second kappa shape index (κ2) is 8.78. The number of methoxy groups -OCH3 is 1. The molecule has 3 aromatic rings. The predicted molar refractivity (Wildman–Crippen MR) is 120 cm³/mol. The predicted octanol–water partition coefficient (Wildman–Crippen LogP) is 4.37. The molecule has 3 N–H and O–H groups in total. The summed E-state index contributed by atoms with van der Waals surface area (Å²) in [5, 5.41) is 15.2. The number of aromatic nitrogens is 2. The second-order valence-corrected chi connectivity index (χ2v) is 7.13. The highest BCUT2D eigenvalue weighted by molar-refractivity contribution is 6.24. The normalized spacial score (nSPS) is 14.7. The first-order valence-corrected chi connectivity index (χ1v) is 9.98. The number of likely N-dealkylation sites (N-methyl/N-ethyl adjacent to an activating group) is 1. The minimum Gasteiger partial charge on any atom is -0.496 e. The third kappa shape index (κ3) is 4.03. The van der Waals surface area contributed by atoms with E-state index in [0.29, 0.717) is 24.5 Å². The van der Waals surface area contributed by atoms with Gasteiger partial charge in [0.25, 0.3) is 0 Å². The Labute approximate surface area is 176 Å². The van der Waals surface area contributed by atoms with Crippen LogP contribution in [0.5, 0.6) is 5.75 Å². The summed E-state index contributed by atoms with van der Waals surface area (Å²) < 4.78 is 5.52. The van der Waals surface area contributed by atoms with Gasteiger partial charge < -0.3 is 20.8 Å². The van der Waals surface area contributed by atoms with Crippen LogP contribution in [0.2, 0.25) is 0 Å². The molecule has 1 aliphatic carbocycles. The zero-order valence-corrected chi connectivity index (χ0v) is 17.2. The van der Waals surface area contributed by atoms with E-state index >= 15 is 0 Å². The largest absolute Gasteiger partial charge is 0.496 e. The van der Waals surface area contributed by atoms with Crippen LogP contribution in [-0.2, 0) is 12.8 Å². The summed E-state index contributed by atoms with van der Waals surface area (Å²) in [7, 11) is 3.57. The molecule has 1 heterocycles. The van der Waals surface area contributed by atoms with E-state index in [1.807, 2.05) is 67.8 Å². The zero-order valence-electron chi connectivity index (χ0n) is 17.2. The van der Waals surface area contributed by atoms with Crippen LogP contribution in [0.15, 0.2) is 66.5 Å². The molecule has 0 unspecified atom stereocenters. The molecule has 1 aromatic heterocycles. The maximum Gasteiger partial charge on any atom is 0.227 e. The van der Waals surface area contributed by atoms with Gasteiger partial charge in [0.1, 0.15) is 5.75 Å². The molecule has 0 saturated heterocycles. The minimum absolute atomic E-state index is 0.528. The van der Waals surface area contributed by atoms with Crippen molar-refractivity contribution < 1.29 is 4.74 Å². The molecule has 0 spiro atoms. The van der Waals surface area contributed by atoms with Gasteiger partial charge in [0.05, 0.1) is 12.8 Å². The fourth-order valence-electron chi connectivity index (χ4n) is 3.71. The van der Waals surface area contributed by atoms with Gasteiger partial charge in [0.15, 0.2) is 0 Å². The van der Waals surface area contributed by atoms with Gasteiger partial charge in [-0.25, -0.2) is 9.97 Å². The minimum atomic E-state index is 0.528. The Bertz CT molecular complexity index is 1090. The number of rotatable bonds is 6. The summed E-state index contributed by atoms with van der Waals surface area (Å²) in [5.74, 6) is 1.36. The van der Waals surface area contributed by atoms with E-state index < -0.39 is 0 Å². The van der Waals surface area contributed by atoms with E-state index in [-0.39, 0.29) is 0 Å². The van der Waals surface area contributed by atoms with Crippen molar-refractivity contribution in [2.24, 2.45) is 0 Å². The number of para-hydroxylation sites is 2. The quantitative estimate of drug-likeness (QED) is 0.573. The van der Waals surface area contributed by atoms with Crippen LogP contribution in [0.1, 0.15) is 23.2 Å². The van der Waals surface area contributed by atoms with Crippen molar-refractivity contribution in [2.45, 2.75) is 19.3 Å². The summed E-state index contributed by atoms with van der Waals surface area (Å²) in [5.41, 5.74) is 6.26. The molecule has 6 heteroatoms. The van der Waals surface area contributed by atoms with Crippen LogP contribution in [0, 0.1) is 5.41 Å². The molecule has 0 fully saturated rings. The number of anilines is 2. The van der Waals surface area contributed by atoms with Gasteiger partial charge in [-0.05, 0) is 42.2 Å². The number of allylic oxidation sites excluding steroid dienone is 2. The number of hydrogen-bond acceptors (Lipinski definition) is 6. The van der Waals surface area contributed by atoms with E-state index in [1.54, 1.807) is 7.11 Å². The first-order chi connectivity index (χ1) is 14.7. The molecule has 0 amide bonds. The number of hydrogen-bond donors (Lipinski definition) is 3. The molecule has 30 heavy (non-hydrogen) atoms. The van der Waals surface area contributed by atoms with Crippen LogP contribution in [0.4, 0.5) is 11.6 Å². The van der Waals surface area contributed by atoms with E-state index in [0.717, 1.165) is 45.9 Å². The molecular weight excluding hydrogens is 374 g/mol. The molecule has 152 valence electrons. The standard InChI is InChI=1S/C24H25N5O/c1-26-20(14-16-8-6-7-11-21(16)30-2)22-19(25)13-12-17-15-27-24(29-23(17)22)28-18-9-4-3-5-10-18/h3-11,15,25-26H,12-14H2,1-2H3,(H,27,28,29)/b22-20+,25-19?. The van der Waals surface area contributed by atoms with Crippen molar-refractivity contribution in [3.05, 3.63) is 83.3 Å². The molecular formula is C24H25N5O. The summed E-state index contributed by atoms with van der Waals surface area (Å²) in [6.07, 6.45) is 3.95. The fraction of sp³-hybridized carbons (Fsp3) is 0.208. The molecule has 4 rings (SSSR count). The molecule has 0 bridgehead atoms. The molecule has 0 radical (unpaired) electrons. The third-order valence-corrected chi connectivity index (χ3v) is 5.24. The Morgan fingerprint density at radius 1 is 1.07 bits per heavy atom. The lowest BCUT2D eigenvalue weighted by Gasteiger charge is -2.23. The molecule has 0 saturated carbocycles. The SMILES string of the molecule is CN/C(Cc1ccccc1OC)=C1\C(=N)CCc2cnc(Nc3ccccc3)nc21. The van der Waals surface area contributed by atoms with Crippen LogP contribution in [-0.4, -0.2) is 29.8 Å². The summed E-state index contributed by atoms with van der Waals surface area (Å²) >= 11 is 0. The average Bonchev–Trinajstić information content (AvgIpc) is 2.79. The molecule has 1 aliphatic rings. The maximum atomic E-state index is 8.66. The lowest BCUT2D eigenvalue weighted by atomic mass is 9.88. The van der Waals surface area contributed by atoms with Crippen molar-refractivity contribution in [1.82, 2.24) is 15.3 Å². The lowest BCUT2D eigenvalue weighted by Crippen LogP contribution is -2.22. The van der Waals surface area contributed by atoms with Gasteiger partial charge in [0.2, 0.25) is 5.95 Å². The lowest BCUT2D eigenvalue weighted by molar-refractivity contribution is 0.410. The van der Waals surface area contributed by atoms with Crippen molar-refractivity contribution >= 4 is 22.9 Å².